The molecule has 5 aliphatic carbocycles. The van der Waals surface area contributed by atoms with Gasteiger partial charge in [0.25, 0.3) is 5.91 Å². The van der Waals surface area contributed by atoms with Crippen molar-refractivity contribution < 1.29 is 47.6 Å². The number of nitrogens with one attached hydrogen (secondary N) is 1. The minimum atomic E-state index is -4.57. The predicted molar refractivity (Wildman–Crippen MR) is 182 cm³/mol. The summed E-state index contributed by atoms with van der Waals surface area (Å²) in [4.78, 5) is 29.5. The molecule has 0 saturated heterocycles. The van der Waals surface area contributed by atoms with E-state index >= 15 is 0 Å². The number of halogens is 4. The Morgan fingerprint density at radius 2 is 1.67 bits per heavy atom. The van der Waals surface area contributed by atoms with E-state index in [2.05, 4.69) is 5.32 Å². The topological polar surface area (TPSA) is 129 Å². The SMILES string of the molecule is COc1cc(CO)cc(I)c1OC1C=C(C(=O)NCCO)CC(N(CC23CC4CC(CC(C4)C2)C3)C(=O)c2ccc(C(F)(F)F)cc2)C1O. The van der Waals surface area contributed by atoms with Crippen LogP contribution >= 0.6 is 22.6 Å². The molecule has 13 heteroatoms. The van der Waals surface area contributed by atoms with Crippen molar-refractivity contribution in [1.82, 2.24) is 10.2 Å². The van der Waals surface area contributed by atoms with E-state index in [4.69, 9.17) is 9.47 Å². The van der Waals surface area contributed by atoms with Crippen LogP contribution in [0.5, 0.6) is 11.5 Å². The van der Waals surface area contributed by atoms with Gasteiger partial charge in [-0.25, -0.2) is 0 Å². The lowest BCUT2D eigenvalue weighted by Gasteiger charge is -2.58. The summed E-state index contributed by atoms with van der Waals surface area (Å²) in [5, 5.41) is 33.8. The van der Waals surface area contributed by atoms with Crippen LogP contribution in [0.25, 0.3) is 0 Å². The maximum absolute atomic E-state index is 14.5. The highest BCUT2D eigenvalue weighted by Gasteiger charge is 2.53. The van der Waals surface area contributed by atoms with E-state index in [-0.39, 0.29) is 48.5 Å². The van der Waals surface area contributed by atoms with Gasteiger partial charge in [0.2, 0.25) is 5.91 Å². The highest BCUT2D eigenvalue weighted by Crippen LogP contribution is 2.60. The summed E-state index contributed by atoms with van der Waals surface area (Å²) in [7, 11) is 1.44. The standard InChI is InChI=1S/C36H42F3IN2O7/c1-48-30-12-23(18-44)11-27(40)32(30)49-29-14-25(33(46)41-6-7-43)13-28(31(29)45)42(34(47)24-2-4-26(5-3-24)36(37,38)39)19-35-15-20-8-21(16-35)10-22(9-20)17-35/h2-5,11-12,14,20-22,28-29,31,43-45H,6-10,13,15-19H2,1H3,(H,41,46). The summed E-state index contributed by atoms with van der Waals surface area (Å²) in [5.41, 5.74) is -0.195. The van der Waals surface area contributed by atoms with Gasteiger partial charge in [-0.05, 0) is 132 Å². The number of carbonyl (C=O) groups excluding carboxylic acids is 2. The molecule has 3 unspecified atom stereocenters. The van der Waals surface area contributed by atoms with Crippen molar-refractivity contribution in [3.05, 3.63) is 68.3 Å². The lowest BCUT2D eigenvalue weighted by atomic mass is 9.49. The van der Waals surface area contributed by atoms with Crippen molar-refractivity contribution in [1.29, 1.82) is 0 Å². The first kappa shape index (κ1) is 35.9. The van der Waals surface area contributed by atoms with Crippen molar-refractivity contribution in [2.24, 2.45) is 23.2 Å². The van der Waals surface area contributed by atoms with Crippen LogP contribution in [0.1, 0.15) is 66.4 Å². The second kappa shape index (κ2) is 14.4. The first-order valence-electron chi connectivity index (χ1n) is 16.7. The molecule has 2 amide bonds. The van der Waals surface area contributed by atoms with E-state index in [1.54, 1.807) is 17.0 Å². The Kier molecular flexibility index (Phi) is 10.6. The number of aliphatic hydroxyl groups is 3. The van der Waals surface area contributed by atoms with Crippen molar-refractivity contribution in [2.45, 2.75) is 76.0 Å². The van der Waals surface area contributed by atoms with Gasteiger partial charge in [0.1, 0.15) is 12.2 Å². The van der Waals surface area contributed by atoms with Crippen LogP contribution in [-0.2, 0) is 17.6 Å². The van der Waals surface area contributed by atoms with Gasteiger partial charge in [0.05, 0.1) is 35.5 Å². The summed E-state index contributed by atoms with van der Waals surface area (Å²) in [6.07, 6.45) is 0.754. The van der Waals surface area contributed by atoms with E-state index in [9.17, 15) is 38.1 Å². The van der Waals surface area contributed by atoms with Gasteiger partial charge in [-0.3, -0.25) is 9.59 Å². The fourth-order valence-electron chi connectivity index (χ4n) is 9.05. The number of nitrogens with zero attached hydrogens (tertiary/aromatic N) is 1. The highest BCUT2D eigenvalue weighted by molar-refractivity contribution is 14.1. The molecule has 0 aliphatic heterocycles. The molecule has 4 fully saturated rings. The van der Waals surface area contributed by atoms with Crippen LogP contribution in [-0.4, -0.2) is 77.1 Å². The summed E-state index contributed by atoms with van der Waals surface area (Å²) < 4.78 is 52.8. The number of amides is 2. The number of ether oxygens (including phenoxy) is 2. The van der Waals surface area contributed by atoms with E-state index in [1.165, 1.54) is 44.6 Å². The predicted octanol–water partition coefficient (Wildman–Crippen LogP) is 5.09. The number of aliphatic hydroxyl groups excluding tert-OH is 3. The number of methoxy groups -OCH3 is 1. The molecule has 2 aromatic carbocycles. The Balaban J connectivity index is 1.39. The first-order chi connectivity index (χ1) is 23.3. The smallest absolute Gasteiger partial charge is 0.416 e. The molecule has 4 bridgehead atoms. The first-order valence-corrected chi connectivity index (χ1v) is 17.8. The number of carbonyl (C=O) groups is 2. The molecule has 7 rings (SSSR count). The number of alkyl halides is 3. The third-order valence-electron chi connectivity index (χ3n) is 10.7. The lowest BCUT2D eigenvalue weighted by Crippen LogP contribution is -2.59. The summed E-state index contributed by atoms with van der Waals surface area (Å²) in [5.74, 6) is 1.22. The van der Waals surface area contributed by atoms with Gasteiger partial charge < -0.3 is 35.0 Å². The third kappa shape index (κ3) is 7.59. The molecule has 0 aromatic heterocycles. The Morgan fingerprint density at radius 3 is 2.22 bits per heavy atom. The van der Waals surface area contributed by atoms with Crippen LogP contribution in [0, 0.1) is 26.7 Å². The van der Waals surface area contributed by atoms with Gasteiger partial charge in [-0.15, -0.1) is 0 Å². The molecule has 3 atom stereocenters. The molecule has 4 saturated carbocycles. The van der Waals surface area contributed by atoms with Crippen LogP contribution in [0.4, 0.5) is 13.2 Å². The van der Waals surface area contributed by atoms with Gasteiger partial charge >= 0.3 is 6.18 Å². The van der Waals surface area contributed by atoms with Gasteiger partial charge in [0.15, 0.2) is 11.5 Å². The molecular weight excluding hydrogens is 756 g/mol. The zero-order chi connectivity index (χ0) is 35.1. The molecular formula is C36H42F3IN2O7. The summed E-state index contributed by atoms with van der Waals surface area (Å²) in [6, 6.07) is 6.46. The van der Waals surface area contributed by atoms with Crippen LogP contribution in [0.2, 0.25) is 0 Å². The van der Waals surface area contributed by atoms with Crippen molar-refractivity contribution in [3.63, 3.8) is 0 Å². The van der Waals surface area contributed by atoms with Crippen molar-refractivity contribution >= 4 is 34.4 Å². The quantitative estimate of drug-likeness (QED) is 0.234. The molecule has 4 N–H and O–H groups in total. The number of hydrogen-bond acceptors (Lipinski definition) is 7. The van der Waals surface area contributed by atoms with Crippen molar-refractivity contribution in [3.8, 4) is 11.5 Å². The highest BCUT2D eigenvalue weighted by atomic mass is 127. The van der Waals surface area contributed by atoms with Crippen LogP contribution in [0.15, 0.2) is 48.0 Å². The molecule has 0 spiro atoms. The van der Waals surface area contributed by atoms with Crippen molar-refractivity contribution in [2.75, 3.05) is 26.8 Å². The number of benzene rings is 2. The van der Waals surface area contributed by atoms with Gasteiger partial charge in [0, 0.05) is 30.6 Å². The van der Waals surface area contributed by atoms with E-state index in [1.807, 2.05) is 22.6 Å². The molecule has 0 heterocycles. The lowest BCUT2D eigenvalue weighted by molar-refractivity contribution is -0.137. The molecule has 49 heavy (non-hydrogen) atoms. The fraction of sp³-hybridized carbons (Fsp3) is 0.556. The minimum Gasteiger partial charge on any atom is -0.493 e. The number of rotatable bonds is 11. The van der Waals surface area contributed by atoms with Gasteiger partial charge in [-0.1, -0.05) is 0 Å². The average molecular weight is 799 g/mol. The molecule has 0 radical (unpaired) electrons. The normalized spacial score (nSPS) is 28.9. The minimum absolute atomic E-state index is 0.00919. The molecule has 266 valence electrons. The van der Waals surface area contributed by atoms with E-state index in [0.717, 1.165) is 31.4 Å². The van der Waals surface area contributed by atoms with E-state index < -0.39 is 41.8 Å². The second-order valence-electron chi connectivity index (χ2n) is 14.2. The second-order valence-corrected chi connectivity index (χ2v) is 15.4. The Labute approximate surface area is 297 Å². The summed E-state index contributed by atoms with van der Waals surface area (Å²) >= 11 is 2.03. The third-order valence-corrected chi connectivity index (χ3v) is 11.5. The zero-order valence-corrected chi connectivity index (χ0v) is 29.4. The van der Waals surface area contributed by atoms with Gasteiger partial charge in [-0.2, -0.15) is 13.2 Å². The fourth-order valence-corrected chi connectivity index (χ4v) is 9.84. The van der Waals surface area contributed by atoms with Crippen LogP contribution in [0.3, 0.4) is 0 Å². The van der Waals surface area contributed by atoms with E-state index in [0.29, 0.717) is 39.2 Å². The average Bonchev–Trinajstić information content (AvgIpc) is 3.06. The molecule has 9 nitrogen and oxygen atoms in total. The zero-order valence-electron chi connectivity index (χ0n) is 27.2. The Bertz CT molecular complexity index is 1550. The van der Waals surface area contributed by atoms with Crippen LogP contribution < -0.4 is 14.8 Å². The summed E-state index contributed by atoms with van der Waals surface area (Å²) in [6.45, 7) is -0.240. The maximum Gasteiger partial charge on any atom is 0.416 e. The number of hydrogen-bond donors (Lipinski definition) is 4. The largest absolute Gasteiger partial charge is 0.493 e. The maximum atomic E-state index is 14.5. The monoisotopic (exact) mass is 798 g/mol. The molecule has 5 aliphatic rings. The Hall–Kier alpha value is -2.88. The Morgan fingerprint density at radius 1 is 1.04 bits per heavy atom. The molecule has 2 aromatic rings.